The number of hydrogen-bond acceptors (Lipinski definition) is 4. The highest BCUT2D eigenvalue weighted by Gasteiger charge is 2.41. The van der Waals surface area contributed by atoms with Crippen LogP contribution in [-0.4, -0.2) is 54.5 Å². The van der Waals surface area contributed by atoms with Crippen LogP contribution in [0.25, 0.3) is 0 Å². The van der Waals surface area contributed by atoms with Crippen LogP contribution in [0.5, 0.6) is 0 Å². The lowest BCUT2D eigenvalue weighted by molar-refractivity contribution is -0.134. The number of hydrazone groups is 1. The van der Waals surface area contributed by atoms with Gasteiger partial charge in [0, 0.05) is 37.3 Å². The second-order valence-electron chi connectivity index (χ2n) is 8.82. The molecule has 0 N–H and O–H groups in total. The summed E-state index contributed by atoms with van der Waals surface area (Å²) < 4.78 is 0. The molecule has 3 rings (SSSR count). The molecule has 30 heavy (non-hydrogen) atoms. The molecule has 0 saturated carbocycles. The summed E-state index contributed by atoms with van der Waals surface area (Å²) in [5.41, 5.74) is 1.38. The highest BCUT2D eigenvalue weighted by atomic mass is 35.5. The van der Waals surface area contributed by atoms with Gasteiger partial charge in [0.25, 0.3) is 0 Å². The van der Waals surface area contributed by atoms with Gasteiger partial charge in [-0.2, -0.15) is 5.10 Å². The molecule has 2 heterocycles. The quantitative estimate of drug-likeness (QED) is 0.551. The molecule has 0 bridgehead atoms. The minimum absolute atomic E-state index is 0.213. The van der Waals surface area contributed by atoms with Gasteiger partial charge in [-0.15, -0.1) is 0 Å². The van der Waals surface area contributed by atoms with Gasteiger partial charge < -0.3 is 4.90 Å². The maximum absolute atomic E-state index is 12.8. The summed E-state index contributed by atoms with van der Waals surface area (Å²) in [6.07, 6.45) is 10.7. The van der Waals surface area contributed by atoms with Crippen LogP contribution in [0.1, 0.15) is 57.9 Å². The van der Waals surface area contributed by atoms with Crippen LogP contribution in [0.4, 0.5) is 0 Å². The molecule has 1 aromatic carbocycles. The van der Waals surface area contributed by atoms with Gasteiger partial charge >= 0.3 is 0 Å². The molecule has 1 atom stereocenters. The molecule has 1 saturated heterocycles. The van der Waals surface area contributed by atoms with Gasteiger partial charge in [-0.05, 0) is 48.3 Å². The summed E-state index contributed by atoms with van der Waals surface area (Å²) >= 11 is 5.96. The molecule has 164 valence electrons. The van der Waals surface area contributed by atoms with E-state index in [1.54, 1.807) is 6.34 Å². The first-order valence-corrected chi connectivity index (χ1v) is 11.7. The van der Waals surface area contributed by atoms with Crippen molar-refractivity contribution in [1.82, 2.24) is 9.91 Å². The summed E-state index contributed by atoms with van der Waals surface area (Å²) in [5, 5.41) is 7.36. The number of aryl methyl sites for hydroxylation is 1. The van der Waals surface area contributed by atoms with Crippen LogP contribution in [0.3, 0.4) is 0 Å². The number of halogens is 1. The third kappa shape index (κ3) is 6.07. The van der Waals surface area contributed by atoms with Crippen LogP contribution in [0.2, 0.25) is 5.02 Å². The number of hydrogen-bond donors (Lipinski definition) is 0. The predicted molar refractivity (Wildman–Crippen MR) is 125 cm³/mol. The second kappa shape index (κ2) is 10.9. The molecule has 0 spiro atoms. The molecule has 0 radical (unpaired) electrons. The normalized spacial score (nSPS) is 19.2. The number of likely N-dealkylation sites (tertiary alicyclic amines) is 1. The first kappa shape index (κ1) is 22.8. The number of carbonyl (C=O) groups excluding carboxylic acids is 1. The van der Waals surface area contributed by atoms with Crippen molar-refractivity contribution in [2.45, 2.75) is 58.8 Å². The maximum Gasteiger partial charge on any atom is 0.222 e. The van der Waals surface area contributed by atoms with Gasteiger partial charge in [0.15, 0.2) is 0 Å². The zero-order chi connectivity index (χ0) is 21.4. The molecule has 0 aromatic heterocycles. The van der Waals surface area contributed by atoms with Crippen LogP contribution < -0.4 is 0 Å². The lowest BCUT2D eigenvalue weighted by Gasteiger charge is -2.47. The van der Waals surface area contributed by atoms with Crippen molar-refractivity contribution in [2.75, 3.05) is 26.2 Å². The van der Waals surface area contributed by atoms with Crippen LogP contribution in [0.15, 0.2) is 34.4 Å². The number of unbranched alkanes of at least 4 members (excludes halogenated alkanes) is 1. The van der Waals surface area contributed by atoms with E-state index in [0.717, 1.165) is 56.0 Å². The number of rotatable bonds is 9. The molecule has 2 aliphatic rings. The monoisotopic (exact) mass is 430 g/mol. The van der Waals surface area contributed by atoms with Gasteiger partial charge in [0.2, 0.25) is 5.91 Å². The maximum atomic E-state index is 12.8. The summed E-state index contributed by atoms with van der Waals surface area (Å²) in [5.74, 6) is 0.890. The van der Waals surface area contributed by atoms with E-state index in [0.29, 0.717) is 12.3 Å². The molecule has 2 aliphatic heterocycles. The van der Waals surface area contributed by atoms with E-state index in [1.165, 1.54) is 19.3 Å². The van der Waals surface area contributed by atoms with Crippen molar-refractivity contribution in [3.63, 3.8) is 0 Å². The first-order chi connectivity index (χ1) is 14.5. The Bertz CT molecular complexity index is 738. The standard InChI is InChI=1S/C24H35ClN4O/c1-3-4-5-20(2)24(18-29-17-14-26-19-27-29)12-15-28(16-13-24)23(30)11-8-21-6-9-22(25)10-7-21/h6-7,9-10,14,19-20H,3-5,8,11-13,15-18H2,1-2H3. The molecular formula is C24H35ClN4O. The third-order valence-corrected chi connectivity index (χ3v) is 7.12. The SMILES string of the molecule is CCCCC(C)C1(CN2CC=NC=N2)CCN(C(=O)CCc2ccc(Cl)cc2)CC1. The largest absolute Gasteiger partial charge is 0.343 e. The van der Waals surface area contributed by atoms with Crippen LogP contribution in [0, 0.1) is 11.3 Å². The Balaban J connectivity index is 1.57. The molecule has 1 aromatic rings. The molecule has 1 amide bonds. The van der Waals surface area contributed by atoms with E-state index < -0.39 is 0 Å². The third-order valence-electron chi connectivity index (χ3n) is 6.87. The molecule has 5 nitrogen and oxygen atoms in total. The van der Waals surface area contributed by atoms with E-state index in [1.807, 2.05) is 30.5 Å². The fourth-order valence-electron chi connectivity index (χ4n) is 4.69. The summed E-state index contributed by atoms with van der Waals surface area (Å²) in [4.78, 5) is 19.0. The summed E-state index contributed by atoms with van der Waals surface area (Å²) in [6.45, 7) is 8.08. The van der Waals surface area contributed by atoms with Crippen molar-refractivity contribution in [1.29, 1.82) is 0 Å². The second-order valence-corrected chi connectivity index (χ2v) is 9.26. The molecule has 1 fully saturated rings. The topological polar surface area (TPSA) is 48.3 Å². The smallest absolute Gasteiger partial charge is 0.222 e. The highest BCUT2D eigenvalue weighted by molar-refractivity contribution is 6.30. The number of carbonyl (C=O) groups is 1. The van der Waals surface area contributed by atoms with Gasteiger partial charge in [-0.1, -0.05) is 56.8 Å². The lowest BCUT2D eigenvalue weighted by atomic mass is 9.67. The summed E-state index contributed by atoms with van der Waals surface area (Å²) in [7, 11) is 0. The zero-order valence-corrected chi connectivity index (χ0v) is 19.2. The van der Waals surface area contributed by atoms with Crippen molar-refractivity contribution < 1.29 is 4.79 Å². The van der Waals surface area contributed by atoms with E-state index >= 15 is 0 Å². The van der Waals surface area contributed by atoms with Gasteiger partial charge in [-0.3, -0.25) is 9.80 Å². The molecule has 0 aliphatic carbocycles. The van der Waals surface area contributed by atoms with E-state index in [-0.39, 0.29) is 11.3 Å². The van der Waals surface area contributed by atoms with Crippen LogP contribution in [-0.2, 0) is 11.2 Å². The Morgan fingerprint density at radius 2 is 1.97 bits per heavy atom. The predicted octanol–water partition coefficient (Wildman–Crippen LogP) is 5.04. The Labute approximate surface area is 186 Å². The first-order valence-electron chi connectivity index (χ1n) is 11.3. The van der Waals surface area contributed by atoms with Gasteiger partial charge in [-0.25, -0.2) is 4.99 Å². The number of piperidine rings is 1. The Morgan fingerprint density at radius 3 is 2.60 bits per heavy atom. The van der Waals surface area contributed by atoms with Crippen molar-refractivity contribution in [3.8, 4) is 0 Å². The molecule has 6 heteroatoms. The Kier molecular flexibility index (Phi) is 8.32. The summed E-state index contributed by atoms with van der Waals surface area (Å²) in [6, 6.07) is 7.80. The fourth-order valence-corrected chi connectivity index (χ4v) is 4.82. The average molecular weight is 431 g/mol. The van der Waals surface area contributed by atoms with E-state index in [9.17, 15) is 4.79 Å². The lowest BCUT2D eigenvalue weighted by Crippen LogP contribution is -2.50. The molecular weight excluding hydrogens is 396 g/mol. The molecule has 1 unspecified atom stereocenters. The Hall–Kier alpha value is -1.88. The zero-order valence-electron chi connectivity index (χ0n) is 18.4. The number of nitrogens with zero attached hydrogens (tertiary/aromatic N) is 4. The fraction of sp³-hybridized carbons (Fsp3) is 0.625. The van der Waals surface area contributed by atoms with E-state index in [4.69, 9.17) is 11.6 Å². The van der Waals surface area contributed by atoms with E-state index in [2.05, 4.69) is 33.9 Å². The minimum atomic E-state index is 0.213. The number of amides is 1. The van der Waals surface area contributed by atoms with Crippen molar-refractivity contribution >= 4 is 30.1 Å². The number of benzene rings is 1. The van der Waals surface area contributed by atoms with Crippen molar-refractivity contribution in [3.05, 3.63) is 34.9 Å². The van der Waals surface area contributed by atoms with Crippen LogP contribution >= 0.6 is 11.6 Å². The highest BCUT2D eigenvalue weighted by Crippen LogP contribution is 2.42. The van der Waals surface area contributed by atoms with Gasteiger partial charge in [0.05, 0.1) is 6.54 Å². The average Bonchev–Trinajstić information content (AvgIpc) is 2.78. The van der Waals surface area contributed by atoms with Crippen molar-refractivity contribution in [2.24, 2.45) is 21.4 Å². The Morgan fingerprint density at radius 1 is 1.23 bits per heavy atom. The van der Waals surface area contributed by atoms with Gasteiger partial charge in [0.1, 0.15) is 6.34 Å². The number of aliphatic imine (C=N–C) groups is 1. The minimum Gasteiger partial charge on any atom is -0.343 e.